The van der Waals surface area contributed by atoms with Crippen LogP contribution in [-0.2, 0) is 14.8 Å². The first kappa shape index (κ1) is 15.9. The Balaban J connectivity index is 1.84. The molecule has 0 bridgehead atoms. The first-order chi connectivity index (χ1) is 9.86. The first-order valence-electron chi connectivity index (χ1n) is 6.58. The van der Waals surface area contributed by atoms with Gasteiger partial charge in [-0.2, -0.15) is 4.31 Å². The predicted octanol–water partition coefficient (Wildman–Crippen LogP) is 0.341. The number of hydrogen-bond acceptors (Lipinski definition) is 4. The van der Waals surface area contributed by atoms with E-state index in [4.69, 9.17) is 0 Å². The number of nitrogens with one attached hydrogen (secondary N) is 1. The maximum absolute atomic E-state index is 13.4. The Labute approximate surface area is 123 Å². The average molecular weight is 315 g/mol. The zero-order chi connectivity index (χ0) is 15.5. The van der Waals surface area contributed by atoms with E-state index >= 15 is 0 Å². The van der Waals surface area contributed by atoms with Crippen molar-refractivity contribution in [2.24, 2.45) is 0 Å². The van der Waals surface area contributed by atoms with Crippen molar-refractivity contribution in [3.05, 3.63) is 30.1 Å². The topological polar surface area (TPSA) is 69.7 Å². The van der Waals surface area contributed by atoms with Crippen molar-refractivity contribution in [1.82, 2.24) is 9.21 Å². The summed E-state index contributed by atoms with van der Waals surface area (Å²) in [7, 11) is -3.18. The van der Waals surface area contributed by atoms with Crippen molar-refractivity contribution < 1.29 is 17.6 Å². The maximum Gasteiger partial charge on any atom is 0.238 e. The summed E-state index contributed by atoms with van der Waals surface area (Å²) >= 11 is 0. The van der Waals surface area contributed by atoms with Crippen LogP contribution in [0.3, 0.4) is 0 Å². The Morgan fingerprint density at radius 2 is 1.86 bits per heavy atom. The van der Waals surface area contributed by atoms with Crippen LogP contribution in [0.4, 0.5) is 10.1 Å². The number of rotatable bonds is 4. The van der Waals surface area contributed by atoms with Crippen molar-refractivity contribution in [3.63, 3.8) is 0 Å². The number of benzene rings is 1. The average Bonchev–Trinajstić information content (AvgIpc) is 2.41. The molecule has 1 heterocycles. The van der Waals surface area contributed by atoms with E-state index in [0.29, 0.717) is 26.2 Å². The van der Waals surface area contributed by atoms with Crippen LogP contribution in [0.1, 0.15) is 0 Å². The summed E-state index contributed by atoms with van der Waals surface area (Å²) in [5.74, 6) is -0.791. The summed E-state index contributed by atoms with van der Waals surface area (Å²) < 4.78 is 37.6. The van der Waals surface area contributed by atoms with Crippen LogP contribution in [0.25, 0.3) is 0 Å². The van der Waals surface area contributed by atoms with Gasteiger partial charge in [-0.25, -0.2) is 12.8 Å². The molecule has 6 nitrogen and oxygen atoms in total. The minimum atomic E-state index is -3.18. The zero-order valence-corrected chi connectivity index (χ0v) is 12.6. The molecule has 8 heteroatoms. The fourth-order valence-electron chi connectivity index (χ4n) is 2.17. The molecule has 1 fully saturated rings. The van der Waals surface area contributed by atoms with E-state index in [9.17, 15) is 17.6 Å². The van der Waals surface area contributed by atoms with Crippen LogP contribution < -0.4 is 5.32 Å². The lowest BCUT2D eigenvalue weighted by atomic mass is 10.3. The number of sulfonamides is 1. The lowest BCUT2D eigenvalue weighted by molar-refractivity contribution is -0.117. The third kappa shape index (κ3) is 4.48. The lowest BCUT2D eigenvalue weighted by Gasteiger charge is -2.32. The second kappa shape index (κ2) is 6.50. The van der Waals surface area contributed by atoms with Crippen LogP contribution in [0.5, 0.6) is 0 Å². The van der Waals surface area contributed by atoms with Crippen molar-refractivity contribution in [2.75, 3.05) is 44.3 Å². The summed E-state index contributed by atoms with van der Waals surface area (Å²) in [6.45, 7) is 1.82. The lowest BCUT2D eigenvalue weighted by Crippen LogP contribution is -2.50. The molecule has 1 N–H and O–H groups in total. The standard InChI is InChI=1S/C13H18FN3O3S/c1-21(19,20)17-8-6-16(7-9-17)10-13(18)15-12-5-3-2-4-11(12)14/h2-5H,6-10H2,1H3,(H,15,18). The molecule has 1 aliphatic rings. The van der Waals surface area contributed by atoms with Gasteiger partial charge in [0.1, 0.15) is 5.82 Å². The predicted molar refractivity (Wildman–Crippen MR) is 77.9 cm³/mol. The summed E-state index contributed by atoms with van der Waals surface area (Å²) in [6, 6.07) is 5.97. The Morgan fingerprint density at radius 3 is 2.43 bits per heavy atom. The highest BCUT2D eigenvalue weighted by atomic mass is 32.2. The van der Waals surface area contributed by atoms with E-state index < -0.39 is 15.8 Å². The first-order valence-corrected chi connectivity index (χ1v) is 8.43. The van der Waals surface area contributed by atoms with Gasteiger partial charge >= 0.3 is 0 Å². The SMILES string of the molecule is CS(=O)(=O)N1CCN(CC(=O)Nc2ccccc2F)CC1. The Hall–Kier alpha value is -1.51. The van der Waals surface area contributed by atoms with Crippen LogP contribution in [-0.4, -0.2) is 62.5 Å². The fraction of sp³-hybridized carbons (Fsp3) is 0.462. The third-order valence-corrected chi connectivity index (χ3v) is 4.62. The Morgan fingerprint density at radius 1 is 1.24 bits per heavy atom. The fourth-order valence-corrected chi connectivity index (χ4v) is 3.00. The summed E-state index contributed by atoms with van der Waals surface area (Å²) in [4.78, 5) is 13.7. The number of carbonyl (C=O) groups excluding carboxylic acids is 1. The van der Waals surface area contributed by atoms with E-state index in [1.54, 1.807) is 12.1 Å². The van der Waals surface area contributed by atoms with Gasteiger partial charge in [0.15, 0.2) is 0 Å². The largest absolute Gasteiger partial charge is 0.322 e. The van der Waals surface area contributed by atoms with Crippen molar-refractivity contribution >= 4 is 21.6 Å². The number of amides is 1. The number of halogens is 1. The quantitative estimate of drug-likeness (QED) is 0.870. The van der Waals surface area contributed by atoms with E-state index in [1.807, 2.05) is 4.90 Å². The molecule has 1 saturated heterocycles. The van der Waals surface area contributed by atoms with Crippen molar-refractivity contribution in [2.45, 2.75) is 0 Å². The molecular formula is C13H18FN3O3S. The van der Waals surface area contributed by atoms with Gasteiger partial charge < -0.3 is 5.32 Å². The van der Waals surface area contributed by atoms with Gasteiger partial charge in [0.25, 0.3) is 0 Å². The van der Waals surface area contributed by atoms with Crippen LogP contribution in [0.2, 0.25) is 0 Å². The molecule has 0 spiro atoms. The highest BCUT2D eigenvalue weighted by molar-refractivity contribution is 7.88. The van der Waals surface area contributed by atoms with Gasteiger partial charge in [0, 0.05) is 26.2 Å². The molecule has 1 aromatic rings. The molecule has 0 aliphatic carbocycles. The molecule has 2 rings (SSSR count). The Kier molecular flexibility index (Phi) is 4.92. The number of anilines is 1. The molecule has 116 valence electrons. The van der Waals surface area contributed by atoms with Gasteiger partial charge in [0.2, 0.25) is 15.9 Å². The highest BCUT2D eigenvalue weighted by Gasteiger charge is 2.24. The zero-order valence-electron chi connectivity index (χ0n) is 11.8. The van der Waals surface area contributed by atoms with Crippen LogP contribution >= 0.6 is 0 Å². The number of hydrogen-bond donors (Lipinski definition) is 1. The van der Waals surface area contributed by atoms with Gasteiger partial charge in [-0.15, -0.1) is 0 Å². The highest BCUT2D eigenvalue weighted by Crippen LogP contribution is 2.12. The van der Waals surface area contributed by atoms with Crippen molar-refractivity contribution in [1.29, 1.82) is 0 Å². The van der Waals surface area contributed by atoms with Crippen molar-refractivity contribution in [3.8, 4) is 0 Å². The molecule has 1 amide bonds. The van der Waals surface area contributed by atoms with E-state index in [1.165, 1.54) is 22.7 Å². The number of carbonyl (C=O) groups is 1. The second-order valence-electron chi connectivity index (χ2n) is 4.97. The van der Waals surface area contributed by atoms with Crippen LogP contribution in [0.15, 0.2) is 24.3 Å². The molecular weight excluding hydrogens is 297 g/mol. The molecule has 0 unspecified atom stereocenters. The van der Waals surface area contributed by atoms with Gasteiger partial charge in [-0.3, -0.25) is 9.69 Å². The summed E-state index contributed by atoms with van der Waals surface area (Å²) in [6.07, 6.45) is 1.17. The smallest absolute Gasteiger partial charge is 0.238 e. The van der Waals surface area contributed by atoms with E-state index in [2.05, 4.69) is 5.32 Å². The summed E-state index contributed by atoms with van der Waals surface area (Å²) in [5, 5.41) is 2.51. The minimum absolute atomic E-state index is 0.117. The van der Waals surface area contributed by atoms with Gasteiger partial charge in [-0.1, -0.05) is 12.1 Å². The molecule has 21 heavy (non-hydrogen) atoms. The monoisotopic (exact) mass is 315 g/mol. The third-order valence-electron chi connectivity index (χ3n) is 3.32. The maximum atomic E-state index is 13.4. The van der Waals surface area contributed by atoms with E-state index in [0.717, 1.165) is 0 Å². The minimum Gasteiger partial charge on any atom is -0.322 e. The summed E-state index contributed by atoms with van der Waals surface area (Å²) in [5.41, 5.74) is 0.150. The number of para-hydroxylation sites is 1. The van der Waals surface area contributed by atoms with Crippen LogP contribution in [0, 0.1) is 5.82 Å². The van der Waals surface area contributed by atoms with Gasteiger partial charge in [0.05, 0.1) is 18.5 Å². The Bertz CT molecular complexity index is 613. The van der Waals surface area contributed by atoms with E-state index in [-0.39, 0.29) is 18.1 Å². The second-order valence-corrected chi connectivity index (χ2v) is 6.95. The van der Waals surface area contributed by atoms with Gasteiger partial charge in [-0.05, 0) is 12.1 Å². The number of nitrogens with zero attached hydrogens (tertiary/aromatic N) is 2. The normalized spacial score (nSPS) is 17.6. The molecule has 0 saturated carbocycles. The number of piperazine rings is 1. The molecule has 0 atom stereocenters. The molecule has 0 aromatic heterocycles. The molecule has 1 aromatic carbocycles. The molecule has 1 aliphatic heterocycles. The molecule has 0 radical (unpaired) electrons.